The normalized spacial score (nSPS) is 29.4. The molecule has 0 radical (unpaired) electrons. The minimum atomic E-state index is -0.932. The van der Waals surface area contributed by atoms with Crippen LogP contribution in [0.1, 0.15) is 52.4 Å². The molecule has 0 heterocycles. The van der Waals surface area contributed by atoms with Crippen molar-refractivity contribution in [3.8, 4) is 0 Å². The molecule has 0 saturated heterocycles. The van der Waals surface area contributed by atoms with Crippen molar-refractivity contribution in [1.29, 1.82) is 0 Å². The molecule has 2 rings (SSSR count). The second-order valence-corrected chi connectivity index (χ2v) is 6.33. The zero-order chi connectivity index (χ0) is 12.7. The second kappa shape index (κ2) is 4.00. The zero-order valence-electron chi connectivity index (χ0n) is 10.6. The molecule has 0 aliphatic heterocycles. The summed E-state index contributed by atoms with van der Waals surface area (Å²) in [6.45, 7) is 4.35. The number of hydrogen-bond donors (Lipinski definition) is 2. The van der Waals surface area contributed by atoms with E-state index in [1.54, 1.807) is 0 Å². The van der Waals surface area contributed by atoms with E-state index in [1.807, 2.05) is 0 Å². The van der Waals surface area contributed by atoms with E-state index < -0.39 is 11.5 Å². The Labute approximate surface area is 102 Å². The van der Waals surface area contributed by atoms with Gasteiger partial charge in [-0.1, -0.05) is 20.3 Å². The Morgan fingerprint density at radius 3 is 2.35 bits per heavy atom. The molecule has 96 valence electrons. The molecule has 0 aromatic rings. The van der Waals surface area contributed by atoms with Crippen LogP contribution in [0.4, 0.5) is 0 Å². The molecule has 4 nitrogen and oxygen atoms in total. The third-order valence-corrected chi connectivity index (χ3v) is 4.10. The first kappa shape index (κ1) is 12.4. The molecule has 0 spiro atoms. The van der Waals surface area contributed by atoms with Crippen molar-refractivity contribution < 1.29 is 14.7 Å². The summed E-state index contributed by atoms with van der Waals surface area (Å²) < 4.78 is 0. The van der Waals surface area contributed by atoms with Crippen molar-refractivity contribution in [2.75, 3.05) is 0 Å². The molecular weight excluding hydrogens is 218 g/mol. The SMILES string of the molecule is CC1(C)CCCC(C(=O)NC2(C(=O)O)CC2)C1. The lowest BCUT2D eigenvalue weighted by molar-refractivity contribution is -0.144. The van der Waals surface area contributed by atoms with Crippen LogP contribution in [0.25, 0.3) is 0 Å². The number of rotatable bonds is 3. The molecule has 0 aromatic heterocycles. The van der Waals surface area contributed by atoms with Crippen molar-refractivity contribution in [1.82, 2.24) is 5.32 Å². The van der Waals surface area contributed by atoms with Crippen LogP contribution in [0.5, 0.6) is 0 Å². The Kier molecular flexibility index (Phi) is 2.92. The summed E-state index contributed by atoms with van der Waals surface area (Å²) in [6.07, 6.45) is 5.12. The maximum atomic E-state index is 12.1. The van der Waals surface area contributed by atoms with Crippen molar-refractivity contribution in [3.63, 3.8) is 0 Å². The highest BCUT2D eigenvalue weighted by molar-refractivity contribution is 5.90. The van der Waals surface area contributed by atoms with Gasteiger partial charge in [0.15, 0.2) is 0 Å². The molecule has 4 heteroatoms. The van der Waals surface area contributed by atoms with Gasteiger partial charge >= 0.3 is 5.97 Å². The number of aliphatic carboxylic acids is 1. The number of carbonyl (C=O) groups excluding carboxylic acids is 1. The average molecular weight is 239 g/mol. The summed E-state index contributed by atoms with van der Waals surface area (Å²) in [5.74, 6) is -0.950. The van der Waals surface area contributed by atoms with Gasteiger partial charge in [-0.3, -0.25) is 4.79 Å². The van der Waals surface area contributed by atoms with Gasteiger partial charge in [-0.15, -0.1) is 0 Å². The van der Waals surface area contributed by atoms with Gasteiger partial charge in [-0.25, -0.2) is 4.79 Å². The fourth-order valence-corrected chi connectivity index (χ4v) is 2.78. The molecule has 1 unspecified atom stereocenters. The monoisotopic (exact) mass is 239 g/mol. The van der Waals surface area contributed by atoms with Gasteiger partial charge in [-0.05, 0) is 37.5 Å². The van der Waals surface area contributed by atoms with Gasteiger partial charge in [0.1, 0.15) is 5.54 Å². The van der Waals surface area contributed by atoms with Gasteiger partial charge < -0.3 is 10.4 Å². The molecule has 0 aromatic carbocycles. The van der Waals surface area contributed by atoms with E-state index in [9.17, 15) is 9.59 Å². The molecule has 17 heavy (non-hydrogen) atoms. The van der Waals surface area contributed by atoms with E-state index in [2.05, 4.69) is 19.2 Å². The maximum absolute atomic E-state index is 12.1. The minimum absolute atomic E-state index is 0.00410. The number of hydrogen-bond acceptors (Lipinski definition) is 2. The number of carboxylic acids is 1. The van der Waals surface area contributed by atoms with E-state index in [4.69, 9.17) is 5.11 Å². The first-order chi connectivity index (χ1) is 7.85. The van der Waals surface area contributed by atoms with E-state index in [1.165, 1.54) is 0 Å². The fraction of sp³-hybridized carbons (Fsp3) is 0.846. The zero-order valence-corrected chi connectivity index (χ0v) is 10.6. The molecule has 2 aliphatic carbocycles. The largest absolute Gasteiger partial charge is 0.480 e. The summed E-state index contributed by atoms with van der Waals surface area (Å²) in [4.78, 5) is 23.1. The lowest BCUT2D eigenvalue weighted by Crippen LogP contribution is -2.47. The third kappa shape index (κ3) is 2.61. The average Bonchev–Trinajstić information content (AvgIpc) is 2.97. The van der Waals surface area contributed by atoms with Crippen molar-refractivity contribution >= 4 is 11.9 Å². The number of nitrogens with one attached hydrogen (secondary N) is 1. The van der Waals surface area contributed by atoms with Gasteiger partial charge in [0.2, 0.25) is 5.91 Å². The first-order valence-electron chi connectivity index (χ1n) is 6.40. The lowest BCUT2D eigenvalue weighted by Gasteiger charge is -2.34. The highest BCUT2D eigenvalue weighted by Gasteiger charge is 2.52. The lowest BCUT2D eigenvalue weighted by atomic mass is 9.72. The first-order valence-corrected chi connectivity index (χ1v) is 6.40. The Morgan fingerprint density at radius 1 is 1.24 bits per heavy atom. The quantitative estimate of drug-likeness (QED) is 0.791. The molecule has 1 atom stereocenters. The van der Waals surface area contributed by atoms with Crippen LogP contribution in [-0.2, 0) is 9.59 Å². The molecule has 2 N–H and O–H groups in total. The Balaban J connectivity index is 1.94. The van der Waals surface area contributed by atoms with E-state index in [0.717, 1.165) is 25.7 Å². The molecule has 0 bridgehead atoms. The van der Waals surface area contributed by atoms with E-state index >= 15 is 0 Å². The van der Waals surface area contributed by atoms with Gasteiger partial charge in [0.25, 0.3) is 0 Å². The van der Waals surface area contributed by atoms with E-state index in [0.29, 0.717) is 12.8 Å². The maximum Gasteiger partial charge on any atom is 0.329 e. The van der Waals surface area contributed by atoms with Crippen molar-refractivity contribution in [2.24, 2.45) is 11.3 Å². The third-order valence-electron chi connectivity index (χ3n) is 4.10. The predicted octanol–water partition coefficient (Wildman–Crippen LogP) is 1.94. The molecular formula is C13H21NO3. The van der Waals surface area contributed by atoms with Crippen LogP contribution in [0.15, 0.2) is 0 Å². The Morgan fingerprint density at radius 2 is 1.88 bits per heavy atom. The van der Waals surface area contributed by atoms with Crippen LogP contribution < -0.4 is 5.32 Å². The predicted molar refractivity (Wildman–Crippen MR) is 63.5 cm³/mol. The van der Waals surface area contributed by atoms with Crippen molar-refractivity contribution in [2.45, 2.75) is 57.9 Å². The van der Waals surface area contributed by atoms with E-state index in [-0.39, 0.29) is 17.2 Å². The minimum Gasteiger partial charge on any atom is -0.480 e. The van der Waals surface area contributed by atoms with Crippen LogP contribution in [0.2, 0.25) is 0 Å². The van der Waals surface area contributed by atoms with Crippen LogP contribution in [0.3, 0.4) is 0 Å². The summed E-state index contributed by atoms with van der Waals surface area (Å²) in [6, 6.07) is 0. The topological polar surface area (TPSA) is 66.4 Å². The van der Waals surface area contributed by atoms with Crippen LogP contribution in [-0.4, -0.2) is 22.5 Å². The Bertz CT molecular complexity index is 345. The highest BCUT2D eigenvalue weighted by atomic mass is 16.4. The Hall–Kier alpha value is -1.06. The summed E-state index contributed by atoms with van der Waals surface area (Å²) in [5.41, 5.74) is -0.723. The smallest absolute Gasteiger partial charge is 0.329 e. The number of amides is 1. The number of carboxylic acid groups (broad SMARTS) is 1. The summed E-state index contributed by atoms with van der Waals surface area (Å²) >= 11 is 0. The van der Waals surface area contributed by atoms with Crippen LogP contribution in [0, 0.1) is 11.3 Å². The van der Waals surface area contributed by atoms with Crippen molar-refractivity contribution in [3.05, 3.63) is 0 Å². The molecule has 2 fully saturated rings. The molecule has 2 saturated carbocycles. The molecule has 2 aliphatic rings. The summed E-state index contributed by atoms with van der Waals surface area (Å²) in [5, 5.41) is 11.8. The van der Waals surface area contributed by atoms with Gasteiger partial charge in [0.05, 0.1) is 0 Å². The summed E-state index contributed by atoms with van der Waals surface area (Å²) in [7, 11) is 0. The van der Waals surface area contributed by atoms with Gasteiger partial charge in [0, 0.05) is 5.92 Å². The highest BCUT2D eigenvalue weighted by Crippen LogP contribution is 2.40. The standard InChI is InChI=1S/C13H21NO3/c1-12(2)5-3-4-9(8-12)10(15)14-13(6-7-13)11(16)17/h9H,3-8H2,1-2H3,(H,14,15)(H,16,17). The van der Waals surface area contributed by atoms with Crippen LogP contribution >= 0.6 is 0 Å². The van der Waals surface area contributed by atoms with Gasteiger partial charge in [-0.2, -0.15) is 0 Å². The molecule has 1 amide bonds. The number of carbonyl (C=O) groups is 2. The second-order valence-electron chi connectivity index (χ2n) is 6.33. The fourth-order valence-electron chi connectivity index (χ4n) is 2.78.